The van der Waals surface area contributed by atoms with E-state index in [2.05, 4.69) is 31.0 Å². The van der Waals surface area contributed by atoms with Crippen LogP contribution in [-0.4, -0.2) is 38.9 Å². The summed E-state index contributed by atoms with van der Waals surface area (Å²) in [6.07, 6.45) is 1.75. The highest BCUT2D eigenvalue weighted by Gasteiger charge is 2.06. The van der Waals surface area contributed by atoms with Gasteiger partial charge in [0, 0.05) is 36.9 Å². The molecule has 1 aromatic carbocycles. The van der Waals surface area contributed by atoms with Crippen LogP contribution in [0, 0.1) is 13.8 Å². The maximum absolute atomic E-state index is 12.0. The number of nitrogens with one attached hydrogen (secondary N) is 3. The van der Waals surface area contributed by atoms with Crippen molar-refractivity contribution in [3.05, 3.63) is 77.7 Å². The zero-order valence-corrected chi connectivity index (χ0v) is 17.6. The van der Waals surface area contributed by atoms with Gasteiger partial charge in [-0.05, 0) is 49.7 Å². The van der Waals surface area contributed by atoms with E-state index in [9.17, 15) is 4.79 Å². The Kier molecular flexibility index (Phi) is 6.07. The summed E-state index contributed by atoms with van der Waals surface area (Å²) in [5.74, 6) is 1.54. The van der Waals surface area contributed by atoms with Crippen molar-refractivity contribution >= 4 is 22.8 Å². The second-order valence-corrected chi connectivity index (χ2v) is 7.29. The predicted molar refractivity (Wildman–Crippen MR) is 121 cm³/mol. The molecule has 3 heterocycles. The van der Waals surface area contributed by atoms with Gasteiger partial charge >= 0.3 is 6.03 Å². The first-order valence-corrected chi connectivity index (χ1v) is 10.2. The van der Waals surface area contributed by atoms with Gasteiger partial charge in [-0.15, -0.1) is 0 Å². The maximum atomic E-state index is 12.0. The lowest BCUT2D eigenvalue weighted by Crippen LogP contribution is -2.37. The summed E-state index contributed by atoms with van der Waals surface area (Å²) >= 11 is 0. The molecular weight excluding hydrogens is 390 g/mol. The number of rotatable bonds is 7. The fourth-order valence-corrected chi connectivity index (χ4v) is 3.28. The van der Waals surface area contributed by atoms with Crippen molar-refractivity contribution < 1.29 is 4.79 Å². The minimum atomic E-state index is -0.226. The maximum Gasteiger partial charge on any atom is 0.315 e. The van der Waals surface area contributed by atoms with Gasteiger partial charge in [0.1, 0.15) is 5.82 Å². The summed E-state index contributed by atoms with van der Waals surface area (Å²) in [6, 6.07) is 17.5. The van der Waals surface area contributed by atoms with Gasteiger partial charge < -0.3 is 16.0 Å². The average molecular weight is 416 g/mol. The monoisotopic (exact) mass is 415 g/mol. The Morgan fingerprint density at radius 1 is 1.00 bits per heavy atom. The molecule has 8 nitrogen and oxygen atoms in total. The molecule has 0 aliphatic carbocycles. The summed E-state index contributed by atoms with van der Waals surface area (Å²) < 4.78 is 1.80. The fourth-order valence-electron chi connectivity index (χ4n) is 3.28. The minimum Gasteiger partial charge on any atom is -0.368 e. The zero-order chi connectivity index (χ0) is 21.6. The first-order chi connectivity index (χ1) is 15.1. The van der Waals surface area contributed by atoms with Crippen LogP contribution >= 0.6 is 0 Å². The van der Waals surface area contributed by atoms with E-state index >= 15 is 0 Å². The summed E-state index contributed by atoms with van der Waals surface area (Å²) in [7, 11) is 0. The lowest BCUT2D eigenvalue weighted by atomic mass is 10.2. The van der Waals surface area contributed by atoms with Crippen LogP contribution in [0.4, 0.5) is 10.6 Å². The van der Waals surface area contributed by atoms with Crippen molar-refractivity contribution in [1.29, 1.82) is 0 Å². The minimum absolute atomic E-state index is 0.226. The van der Waals surface area contributed by atoms with Crippen LogP contribution in [0.25, 0.3) is 16.7 Å². The summed E-state index contributed by atoms with van der Waals surface area (Å²) in [5.41, 5.74) is 3.84. The third-order valence-electron chi connectivity index (χ3n) is 4.80. The van der Waals surface area contributed by atoms with E-state index < -0.39 is 0 Å². The number of fused-ring (bicyclic) bond motifs is 1. The van der Waals surface area contributed by atoms with Crippen molar-refractivity contribution in [3.63, 3.8) is 0 Å². The van der Waals surface area contributed by atoms with Crippen molar-refractivity contribution in [1.82, 2.24) is 30.4 Å². The van der Waals surface area contributed by atoms with Crippen molar-refractivity contribution in [2.75, 3.05) is 18.4 Å². The molecule has 4 aromatic rings. The Morgan fingerprint density at radius 3 is 2.65 bits per heavy atom. The normalized spacial score (nSPS) is 10.8. The Balaban J connectivity index is 1.20. The van der Waals surface area contributed by atoms with E-state index in [1.165, 1.54) is 0 Å². The number of carbonyl (C=O) groups is 1. The molecule has 0 radical (unpaired) electrons. The molecule has 0 fully saturated rings. The van der Waals surface area contributed by atoms with Crippen LogP contribution in [0.2, 0.25) is 0 Å². The highest BCUT2D eigenvalue weighted by atomic mass is 16.2. The molecule has 3 aromatic heterocycles. The molecule has 31 heavy (non-hydrogen) atoms. The fraction of sp³-hybridized carbons (Fsp3) is 0.217. The van der Waals surface area contributed by atoms with Gasteiger partial charge in [-0.1, -0.05) is 24.3 Å². The summed E-state index contributed by atoms with van der Waals surface area (Å²) in [6.45, 7) is 5.41. The van der Waals surface area contributed by atoms with E-state index in [1.807, 2.05) is 68.4 Å². The van der Waals surface area contributed by atoms with E-state index in [0.29, 0.717) is 19.6 Å². The molecule has 2 amide bonds. The number of benzene rings is 1. The van der Waals surface area contributed by atoms with Gasteiger partial charge in [0.2, 0.25) is 0 Å². The molecule has 0 saturated carbocycles. The topological polar surface area (TPSA) is 96.8 Å². The SMILES string of the molecule is Cc1cc(C)n(-c2ccc(CNC(=O)NCCNc3ccc4ccccc4n3)cn2)n1. The van der Waals surface area contributed by atoms with Gasteiger partial charge in [0.15, 0.2) is 5.82 Å². The summed E-state index contributed by atoms with van der Waals surface area (Å²) in [5, 5.41) is 14.4. The molecule has 3 N–H and O–H groups in total. The molecule has 0 bridgehead atoms. The van der Waals surface area contributed by atoms with Crippen LogP contribution in [0.1, 0.15) is 17.0 Å². The Bertz CT molecular complexity index is 1180. The zero-order valence-electron chi connectivity index (χ0n) is 17.6. The van der Waals surface area contributed by atoms with Crippen LogP contribution < -0.4 is 16.0 Å². The number of aryl methyl sites for hydroxylation is 2. The average Bonchev–Trinajstić information content (AvgIpc) is 3.13. The lowest BCUT2D eigenvalue weighted by Gasteiger charge is -2.10. The van der Waals surface area contributed by atoms with E-state index in [0.717, 1.165) is 39.5 Å². The third kappa shape index (κ3) is 5.16. The number of para-hydroxylation sites is 1. The van der Waals surface area contributed by atoms with Crippen LogP contribution in [0.3, 0.4) is 0 Å². The van der Waals surface area contributed by atoms with Crippen molar-refractivity contribution in [2.45, 2.75) is 20.4 Å². The van der Waals surface area contributed by atoms with E-state index in [1.54, 1.807) is 10.9 Å². The van der Waals surface area contributed by atoms with E-state index in [-0.39, 0.29) is 6.03 Å². The number of amides is 2. The second kappa shape index (κ2) is 9.25. The molecule has 0 atom stereocenters. The smallest absolute Gasteiger partial charge is 0.315 e. The van der Waals surface area contributed by atoms with Crippen LogP contribution in [0.5, 0.6) is 0 Å². The number of nitrogens with zero attached hydrogens (tertiary/aromatic N) is 4. The first kappa shape index (κ1) is 20.3. The molecule has 0 unspecified atom stereocenters. The highest BCUT2D eigenvalue weighted by Crippen LogP contribution is 2.14. The van der Waals surface area contributed by atoms with Gasteiger partial charge in [0.05, 0.1) is 11.2 Å². The van der Waals surface area contributed by atoms with Crippen LogP contribution in [-0.2, 0) is 6.54 Å². The number of anilines is 1. The molecular formula is C23H25N7O. The Hall–Kier alpha value is -3.94. The largest absolute Gasteiger partial charge is 0.368 e. The van der Waals surface area contributed by atoms with Gasteiger partial charge in [-0.2, -0.15) is 5.10 Å². The van der Waals surface area contributed by atoms with Crippen LogP contribution in [0.15, 0.2) is 60.8 Å². The molecule has 0 aliphatic heterocycles. The number of hydrogen-bond acceptors (Lipinski definition) is 5. The number of hydrogen-bond donors (Lipinski definition) is 3. The molecule has 0 spiro atoms. The Morgan fingerprint density at radius 2 is 1.87 bits per heavy atom. The third-order valence-corrected chi connectivity index (χ3v) is 4.80. The molecule has 158 valence electrons. The number of pyridine rings is 2. The quantitative estimate of drug-likeness (QED) is 0.402. The van der Waals surface area contributed by atoms with Crippen molar-refractivity contribution in [3.8, 4) is 5.82 Å². The molecule has 0 aliphatic rings. The number of aromatic nitrogens is 4. The number of urea groups is 1. The van der Waals surface area contributed by atoms with Crippen molar-refractivity contribution in [2.24, 2.45) is 0 Å². The molecule has 8 heteroatoms. The first-order valence-electron chi connectivity index (χ1n) is 10.2. The summed E-state index contributed by atoms with van der Waals surface area (Å²) in [4.78, 5) is 21.0. The second-order valence-electron chi connectivity index (χ2n) is 7.29. The lowest BCUT2D eigenvalue weighted by molar-refractivity contribution is 0.241. The Labute approximate surface area is 180 Å². The standard InChI is InChI=1S/C23H25N7O/c1-16-13-17(2)30(29-16)22-10-7-18(14-26-22)15-27-23(31)25-12-11-24-21-9-8-19-5-3-4-6-20(19)28-21/h3-10,13-14H,11-12,15H2,1-2H3,(H,24,28)(H2,25,27,31). The van der Waals surface area contributed by atoms with E-state index in [4.69, 9.17) is 0 Å². The highest BCUT2D eigenvalue weighted by molar-refractivity contribution is 5.80. The van der Waals surface area contributed by atoms with Gasteiger partial charge in [0.25, 0.3) is 0 Å². The number of carbonyl (C=O) groups excluding carboxylic acids is 1. The molecule has 0 saturated heterocycles. The predicted octanol–water partition coefficient (Wildman–Crippen LogP) is 3.34. The molecule has 4 rings (SSSR count). The van der Waals surface area contributed by atoms with Gasteiger partial charge in [-0.25, -0.2) is 19.4 Å². The van der Waals surface area contributed by atoms with Gasteiger partial charge in [-0.3, -0.25) is 0 Å².